The van der Waals surface area contributed by atoms with Crippen molar-refractivity contribution in [3.8, 4) is 6.07 Å². The van der Waals surface area contributed by atoms with Gasteiger partial charge in [0.2, 0.25) is 0 Å². The summed E-state index contributed by atoms with van der Waals surface area (Å²) in [4.78, 5) is 2.33. The molecular formula is C16H24N4. The van der Waals surface area contributed by atoms with E-state index in [-0.39, 0.29) is 0 Å². The Morgan fingerprint density at radius 3 is 2.60 bits per heavy atom. The third-order valence-corrected chi connectivity index (χ3v) is 4.18. The van der Waals surface area contributed by atoms with Gasteiger partial charge in [-0.15, -0.1) is 0 Å². The minimum atomic E-state index is 0.528. The second kappa shape index (κ2) is 6.85. The molecule has 0 radical (unpaired) electrons. The molecule has 0 aromatic heterocycles. The fourth-order valence-electron chi connectivity index (χ4n) is 2.91. The molecule has 2 rings (SSSR count). The van der Waals surface area contributed by atoms with Crippen LogP contribution in [0, 0.1) is 17.2 Å². The van der Waals surface area contributed by atoms with Crippen LogP contribution in [0.5, 0.6) is 0 Å². The van der Waals surface area contributed by atoms with Crippen molar-refractivity contribution in [2.75, 3.05) is 13.6 Å². The minimum absolute atomic E-state index is 0.528. The van der Waals surface area contributed by atoms with E-state index in [2.05, 4.69) is 48.8 Å². The molecule has 1 aliphatic heterocycles. The molecule has 1 aromatic rings. The zero-order valence-electron chi connectivity index (χ0n) is 12.6. The molecule has 0 aliphatic carbocycles. The molecule has 20 heavy (non-hydrogen) atoms. The highest BCUT2D eigenvalue weighted by atomic mass is 15.4. The predicted octanol–water partition coefficient (Wildman–Crippen LogP) is 1.88. The number of hydrogen-bond donors (Lipinski definition) is 2. The highest BCUT2D eigenvalue weighted by Gasteiger charge is 2.29. The molecule has 4 heteroatoms. The smallest absolute Gasteiger partial charge is 0.0991 e. The molecule has 0 spiro atoms. The average Bonchev–Trinajstić information content (AvgIpc) is 2.76. The van der Waals surface area contributed by atoms with E-state index in [1.807, 2.05) is 18.2 Å². The van der Waals surface area contributed by atoms with Gasteiger partial charge in [0.05, 0.1) is 11.6 Å². The van der Waals surface area contributed by atoms with Gasteiger partial charge in [-0.3, -0.25) is 10.9 Å². The predicted molar refractivity (Wildman–Crippen MR) is 80.8 cm³/mol. The van der Waals surface area contributed by atoms with Crippen LogP contribution in [0.15, 0.2) is 24.3 Å². The third kappa shape index (κ3) is 3.80. The van der Waals surface area contributed by atoms with Gasteiger partial charge in [0.25, 0.3) is 0 Å². The largest absolute Gasteiger partial charge is 0.302 e. The molecule has 2 N–H and O–H groups in total. The first kappa shape index (κ1) is 15.0. The lowest BCUT2D eigenvalue weighted by Crippen LogP contribution is -2.30. The fourth-order valence-corrected chi connectivity index (χ4v) is 2.91. The molecule has 1 fully saturated rings. The number of nitriles is 1. The van der Waals surface area contributed by atoms with Crippen LogP contribution < -0.4 is 10.9 Å². The van der Waals surface area contributed by atoms with E-state index < -0.39 is 0 Å². The van der Waals surface area contributed by atoms with Crippen molar-refractivity contribution in [2.45, 2.75) is 38.9 Å². The monoisotopic (exact) mass is 272 g/mol. The molecule has 2 atom stereocenters. The molecule has 0 amide bonds. The Balaban J connectivity index is 1.83. The third-order valence-electron chi connectivity index (χ3n) is 4.18. The summed E-state index contributed by atoms with van der Waals surface area (Å²) in [7, 11) is 2.14. The van der Waals surface area contributed by atoms with Crippen molar-refractivity contribution in [3.05, 3.63) is 35.4 Å². The van der Waals surface area contributed by atoms with Gasteiger partial charge < -0.3 is 4.90 Å². The maximum absolute atomic E-state index is 8.92. The van der Waals surface area contributed by atoms with E-state index in [1.165, 1.54) is 12.0 Å². The van der Waals surface area contributed by atoms with Gasteiger partial charge in [-0.25, -0.2) is 0 Å². The molecule has 1 saturated heterocycles. The van der Waals surface area contributed by atoms with Crippen LogP contribution in [-0.4, -0.2) is 30.6 Å². The summed E-state index contributed by atoms with van der Waals surface area (Å²) in [5.74, 6) is 0.669. The quantitative estimate of drug-likeness (QED) is 0.859. The van der Waals surface area contributed by atoms with E-state index in [4.69, 9.17) is 5.26 Å². The highest BCUT2D eigenvalue weighted by Crippen LogP contribution is 2.19. The van der Waals surface area contributed by atoms with Gasteiger partial charge in [0, 0.05) is 18.6 Å². The topological polar surface area (TPSA) is 51.1 Å². The molecule has 1 aliphatic rings. The Morgan fingerprint density at radius 1 is 1.25 bits per heavy atom. The van der Waals surface area contributed by atoms with Crippen molar-refractivity contribution in [3.63, 3.8) is 0 Å². The lowest BCUT2D eigenvalue weighted by Gasteiger charge is -2.22. The van der Waals surface area contributed by atoms with Crippen molar-refractivity contribution >= 4 is 0 Å². The Bertz CT molecular complexity index is 470. The van der Waals surface area contributed by atoms with E-state index in [1.54, 1.807) is 0 Å². The summed E-state index contributed by atoms with van der Waals surface area (Å²) in [5.41, 5.74) is 8.55. The van der Waals surface area contributed by atoms with Crippen LogP contribution in [0.25, 0.3) is 0 Å². The van der Waals surface area contributed by atoms with Crippen LogP contribution >= 0.6 is 0 Å². The first-order valence-corrected chi connectivity index (χ1v) is 7.29. The van der Waals surface area contributed by atoms with E-state index in [9.17, 15) is 0 Å². The maximum Gasteiger partial charge on any atom is 0.0991 e. The first-order valence-electron chi connectivity index (χ1n) is 7.29. The first-order chi connectivity index (χ1) is 9.60. The van der Waals surface area contributed by atoms with Crippen LogP contribution in [0.4, 0.5) is 0 Å². The van der Waals surface area contributed by atoms with Crippen LogP contribution in [0.3, 0.4) is 0 Å². The molecule has 108 valence electrons. The summed E-state index contributed by atoms with van der Waals surface area (Å²) in [6.45, 7) is 6.43. The number of hydrogen-bond acceptors (Lipinski definition) is 4. The number of rotatable bonds is 5. The Hall–Kier alpha value is -1.41. The Morgan fingerprint density at radius 2 is 1.95 bits per heavy atom. The maximum atomic E-state index is 8.92. The second-order valence-electron chi connectivity index (χ2n) is 5.87. The molecular weight excluding hydrogens is 248 g/mol. The summed E-state index contributed by atoms with van der Waals surface area (Å²) in [6, 6.07) is 11.1. The molecule has 2 unspecified atom stereocenters. The van der Waals surface area contributed by atoms with E-state index in [0.717, 1.165) is 18.7 Å². The fraction of sp³-hybridized carbons (Fsp3) is 0.562. The number of nitrogens with zero attached hydrogens (tertiary/aromatic N) is 2. The normalized spacial score (nSPS) is 25.9. The average molecular weight is 272 g/mol. The molecule has 1 heterocycles. The zero-order chi connectivity index (χ0) is 14.5. The zero-order valence-corrected chi connectivity index (χ0v) is 12.6. The molecule has 4 nitrogen and oxygen atoms in total. The molecule has 1 aromatic carbocycles. The molecule has 0 bridgehead atoms. The van der Waals surface area contributed by atoms with E-state index >= 15 is 0 Å². The lowest BCUT2D eigenvalue weighted by molar-refractivity contribution is 0.279. The summed E-state index contributed by atoms with van der Waals surface area (Å²) < 4.78 is 0. The van der Waals surface area contributed by atoms with Gasteiger partial charge in [-0.1, -0.05) is 12.1 Å². The summed E-state index contributed by atoms with van der Waals surface area (Å²) >= 11 is 0. The van der Waals surface area contributed by atoms with Gasteiger partial charge >= 0.3 is 0 Å². The van der Waals surface area contributed by atoms with Crippen molar-refractivity contribution in [2.24, 2.45) is 5.92 Å². The van der Waals surface area contributed by atoms with Gasteiger partial charge in [0.1, 0.15) is 0 Å². The van der Waals surface area contributed by atoms with Crippen LogP contribution in [-0.2, 0) is 6.54 Å². The minimum Gasteiger partial charge on any atom is -0.302 e. The Labute approximate surface area is 121 Å². The number of benzene rings is 1. The van der Waals surface area contributed by atoms with Gasteiger partial charge in [-0.05, 0) is 57.5 Å². The van der Waals surface area contributed by atoms with Crippen LogP contribution in [0.1, 0.15) is 31.4 Å². The van der Waals surface area contributed by atoms with Crippen molar-refractivity contribution in [1.29, 1.82) is 5.26 Å². The second-order valence-corrected chi connectivity index (χ2v) is 5.87. The standard InChI is InChI=1S/C16H24N4/c1-12-16(13(2)19-18-12)7-8-20(3)11-15-6-4-5-14(9-15)10-17/h4-6,9,12-13,16,18-19H,7-8,11H2,1-3H3. The SMILES string of the molecule is CC1NNC(C)C1CCN(C)Cc1cccc(C#N)c1. The lowest BCUT2D eigenvalue weighted by atomic mass is 9.93. The van der Waals surface area contributed by atoms with Crippen LogP contribution in [0.2, 0.25) is 0 Å². The van der Waals surface area contributed by atoms with Gasteiger partial charge in [0.15, 0.2) is 0 Å². The van der Waals surface area contributed by atoms with Gasteiger partial charge in [-0.2, -0.15) is 5.26 Å². The number of hydrazine groups is 1. The van der Waals surface area contributed by atoms with E-state index in [0.29, 0.717) is 18.0 Å². The Kier molecular flexibility index (Phi) is 5.13. The highest BCUT2D eigenvalue weighted by molar-refractivity contribution is 5.32. The number of nitrogens with one attached hydrogen (secondary N) is 2. The summed E-state index contributed by atoms with van der Waals surface area (Å²) in [5, 5.41) is 8.92. The van der Waals surface area contributed by atoms with Crippen molar-refractivity contribution < 1.29 is 0 Å². The van der Waals surface area contributed by atoms with Crippen molar-refractivity contribution in [1.82, 2.24) is 15.8 Å². The molecule has 0 saturated carbocycles. The summed E-state index contributed by atoms with van der Waals surface area (Å²) in [6.07, 6.45) is 1.18.